The molecule has 0 saturated carbocycles. The molecule has 34 heavy (non-hydrogen) atoms. The van der Waals surface area contributed by atoms with Gasteiger partial charge in [0.2, 0.25) is 5.91 Å². The lowest BCUT2D eigenvalue weighted by molar-refractivity contribution is -0.143. The van der Waals surface area contributed by atoms with Crippen LogP contribution in [0.25, 0.3) is 0 Å². The monoisotopic (exact) mass is 487 g/mol. The number of carbonyl (C=O) groups is 1. The summed E-state index contributed by atoms with van der Waals surface area (Å²) in [4.78, 5) is 15.4. The van der Waals surface area contributed by atoms with Crippen LogP contribution in [0.2, 0.25) is 0 Å². The maximum absolute atomic E-state index is 13.4. The maximum atomic E-state index is 13.4. The molecule has 1 unspecified atom stereocenters. The van der Waals surface area contributed by atoms with Crippen LogP contribution in [0.5, 0.6) is 0 Å². The van der Waals surface area contributed by atoms with E-state index in [1.807, 2.05) is 35.2 Å². The molecule has 0 spiro atoms. The van der Waals surface area contributed by atoms with Crippen molar-refractivity contribution in [3.8, 4) is 0 Å². The summed E-state index contributed by atoms with van der Waals surface area (Å²) in [6, 6.07) is 9.96. The van der Waals surface area contributed by atoms with Gasteiger partial charge in [0.1, 0.15) is 6.04 Å². The molecule has 1 heterocycles. The lowest BCUT2D eigenvalue weighted by atomic mass is 9.91. The van der Waals surface area contributed by atoms with Gasteiger partial charge in [0, 0.05) is 31.7 Å². The van der Waals surface area contributed by atoms with E-state index in [9.17, 15) is 31.1 Å². The zero-order valence-corrected chi connectivity index (χ0v) is 18.9. The number of rotatable bonds is 6. The first kappa shape index (κ1) is 26.0. The molecule has 0 bridgehead atoms. The summed E-state index contributed by atoms with van der Waals surface area (Å²) < 4.78 is 79.4. The Hall–Kier alpha value is -2.59. The second-order valence-electron chi connectivity index (χ2n) is 9.06. The molecule has 10 heteroatoms. The predicted molar refractivity (Wildman–Crippen MR) is 116 cm³/mol. The molecule has 2 aromatic carbocycles. The van der Waals surface area contributed by atoms with Gasteiger partial charge in [-0.05, 0) is 49.6 Å². The largest absolute Gasteiger partial charge is 0.416 e. The molecular formula is C24H27F6N3O. The van der Waals surface area contributed by atoms with Crippen molar-refractivity contribution in [1.29, 1.82) is 0 Å². The lowest BCUT2D eigenvalue weighted by Crippen LogP contribution is -2.53. The van der Waals surface area contributed by atoms with Crippen LogP contribution in [0.15, 0.2) is 48.5 Å². The Morgan fingerprint density at radius 1 is 0.941 bits per heavy atom. The summed E-state index contributed by atoms with van der Waals surface area (Å²) in [6.45, 7) is 5.80. The van der Waals surface area contributed by atoms with Gasteiger partial charge in [0.15, 0.2) is 0 Å². The Morgan fingerprint density at radius 2 is 1.47 bits per heavy atom. The molecule has 1 fully saturated rings. The predicted octanol–water partition coefficient (Wildman–Crippen LogP) is 4.81. The van der Waals surface area contributed by atoms with E-state index in [-0.39, 0.29) is 24.0 Å². The zero-order valence-electron chi connectivity index (χ0n) is 18.9. The molecule has 3 rings (SSSR count). The Bertz CT molecular complexity index is 950. The minimum absolute atomic E-state index is 0.102. The van der Waals surface area contributed by atoms with Crippen LogP contribution in [-0.4, -0.2) is 42.5 Å². The van der Waals surface area contributed by atoms with E-state index >= 15 is 0 Å². The van der Waals surface area contributed by atoms with Crippen molar-refractivity contribution in [1.82, 2.24) is 15.5 Å². The van der Waals surface area contributed by atoms with Crippen molar-refractivity contribution in [3.05, 3.63) is 70.8 Å². The average Bonchev–Trinajstić information content (AvgIpc) is 2.73. The highest BCUT2D eigenvalue weighted by atomic mass is 19.4. The van der Waals surface area contributed by atoms with E-state index in [0.29, 0.717) is 38.3 Å². The first-order valence-corrected chi connectivity index (χ1v) is 10.9. The van der Waals surface area contributed by atoms with E-state index in [1.165, 1.54) is 0 Å². The van der Waals surface area contributed by atoms with Gasteiger partial charge in [0.25, 0.3) is 0 Å². The zero-order chi connectivity index (χ0) is 25.1. The number of halogens is 6. The molecule has 1 aliphatic rings. The van der Waals surface area contributed by atoms with Crippen molar-refractivity contribution in [2.45, 2.75) is 44.2 Å². The van der Waals surface area contributed by atoms with Crippen molar-refractivity contribution in [2.75, 3.05) is 26.2 Å². The molecular weight excluding hydrogens is 460 g/mol. The number of amides is 1. The van der Waals surface area contributed by atoms with Gasteiger partial charge in [-0.1, -0.05) is 30.3 Å². The number of benzene rings is 2. The molecule has 186 valence electrons. The number of piperazine rings is 1. The number of alkyl halides is 6. The number of nitrogens with one attached hydrogen (secondary N) is 2. The molecule has 2 N–H and O–H groups in total. The first-order chi connectivity index (χ1) is 15.8. The second-order valence-corrected chi connectivity index (χ2v) is 9.06. The highest BCUT2D eigenvalue weighted by molar-refractivity contribution is 5.84. The van der Waals surface area contributed by atoms with Crippen LogP contribution in [0.1, 0.15) is 42.1 Å². The van der Waals surface area contributed by atoms with Crippen molar-refractivity contribution >= 4 is 5.91 Å². The van der Waals surface area contributed by atoms with Crippen LogP contribution in [0.4, 0.5) is 26.3 Å². The maximum Gasteiger partial charge on any atom is 0.416 e. The Kier molecular flexibility index (Phi) is 7.62. The fourth-order valence-corrected chi connectivity index (χ4v) is 4.18. The van der Waals surface area contributed by atoms with Gasteiger partial charge < -0.3 is 10.6 Å². The van der Waals surface area contributed by atoms with Crippen LogP contribution < -0.4 is 10.6 Å². The topological polar surface area (TPSA) is 44.4 Å². The molecule has 2 aromatic rings. The van der Waals surface area contributed by atoms with E-state index in [4.69, 9.17) is 0 Å². The normalized spacial score (nSPS) is 16.8. The molecule has 1 atom stereocenters. The minimum Gasteiger partial charge on any atom is -0.349 e. The SMILES string of the molecule is CC(C)(Cc1cc(C(F)(F)F)cc(C(F)(F)F)c1)NC(=O)C(c1ccccc1)N1CCNCC1. The molecule has 1 saturated heterocycles. The van der Waals surface area contributed by atoms with Gasteiger partial charge in [-0.15, -0.1) is 0 Å². The van der Waals surface area contributed by atoms with Crippen molar-refractivity contribution < 1.29 is 31.1 Å². The number of carbonyl (C=O) groups excluding carboxylic acids is 1. The van der Waals surface area contributed by atoms with Gasteiger partial charge in [-0.3, -0.25) is 9.69 Å². The van der Waals surface area contributed by atoms with Crippen molar-refractivity contribution in [2.24, 2.45) is 0 Å². The quantitative estimate of drug-likeness (QED) is 0.575. The van der Waals surface area contributed by atoms with Crippen LogP contribution in [-0.2, 0) is 23.6 Å². The average molecular weight is 487 g/mol. The molecule has 4 nitrogen and oxygen atoms in total. The van der Waals surface area contributed by atoms with Gasteiger partial charge >= 0.3 is 12.4 Å². The molecule has 0 aromatic heterocycles. The highest BCUT2D eigenvalue weighted by Crippen LogP contribution is 2.37. The van der Waals surface area contributed by atoms with Gasteiger partial charge in [-0.25, -0.2) is 0 Å². The third-order valence-electron chi connectivity index (χ3n) is 5.64. The van der Waals surface area contributed by atoms with Gasteiger partial charge in [-0.2, -0.15) is 26.3 Å². The van der Waals surface area contributed by atoms with E-state index in [1.54, 1.807) is 13.8 Å². The Morgan fingerprint density at radius 3 is 1.97 bits per heavy atom. The third kappa shape index (κ3) is 6.73. The number of hydrogen-bond donors (Lipinski definition) is 2. The molecule has 1 aliphatic heterocycles. The summed E-state index contributed by atoms with van der Waals surface area (Å²) in [7, 11) is 0. The van der Waals surface area contributed by atoms with Crippen LogP contribution in [0.3, 0.4) is 0 Å². The molecule has 0 radical (unpaired) electrons. The van der Waals surface area contributed by atoms with E-state index in [0.717, 1.165) is 5.56 Å². The second kappa shape index (κ2) is 9.95. The summed E-state index contributed by atoms with van der Waals surface area (Å²) in [5, 5.41) is 6.07. The van der Waals surface area contributed by atoms with Crippen molar-refractivity contribution in [3.63, 3.8) is 0 Å². The Balaban J connectivity index is 1.86. The Labute approximate surface area is 194 Å². The third-order valence-corrected chi connectivity index (χ3v) is 5.64. The smallest absolute Gasteiger partial charge is 0.349 e. The summed E-state index contributed by atoms with van der Waals surface area (Å²) >= 11 is 0. The fraction of sp³-hybridized carbons (Fsp3) is 0.458. The molecule has 0 aliphatic carbocycles. The van der Waals surface area contributed by atoms with Gasteiger partial charge in [0.05, 0.1) is 11.1 Å². The number of hydrogen-bond acceptors (Lipinski definition) is 3. The van der Waals surface area contributed by atoms with E-state index in [2.05, 4.69) is 10.6 Å². The standard InChI is InChI=1S/C24H27F6N3O/c1-22(2,15-16-12-18(23(25,26)27)14-19(13-16)24(28,29)30)32-21(34)20(17-6-4-3-5-7-17)33-10-8-31-9-11-33/h3-7,12-14,20,31H,8-11,15H2,1-2H3,(H,32,34). The van der Waals surface area contributed by atoms with Crippen LogP contribution >= 0.6 is 0 Å². The van der Waals surface area contributed by atoms with E-state index < -0.39 is 35.1 Å². The lowest BCUT2D eigenvalue weighted by Gasteiger charge is -2.37. The van der Waals surface area contributed by atoms with Crippen LogP contribution in [0, 0.1) is 0 Å². The summed E-state index contributed by atoms with van der Waals surface area (Å²) in [6.07, 6.45) is -10.1. The summed E-state index contributed by atoms with van der Waals surface area (Å²) in [5.74, 6) is -0.360. The summed E-state index contributed by atoms with van der Waals surface area (Å²) in [5.41, 5.74) is -3.25. The first-order valence-electron chi connectivity index (χ1n) is 10.9. The highest BCUT2D eigenvalue weighted by Gasteiger charge is 2.38. The molecule has 1 amide bonds. The fourth-order valence-electron chi connectivity index (χ4n) is 4.18. The minimum atomic E-state index is -4.93. The number of nitrogens with zero attached hydrogens (tertiary/aromatic N) is 1.